The highest BCUT2D eigenvalue weighted by Crippen LogP contribution is 2.43. The summed E-state index contributed by atoms with van der Waals surface area (Å²) in [5.41, 5.74) is 1.51. The van der Waals surface area contributed by atoms with Crippen molar-refractivity contribution < 1.29 is 22.1 Å². The maximum absolute atomic E-state index is 13.9. The molecular formula is C22H29FO4S. The van der Waals surface area contributed by atoms with E-state index in [1.54, 1.807) is 0 Å². The van der Waals surface area contributed by atoms with Gasteiger partial charge in [0.15, 0.2) is 0 Å². The summed E-state index contributed by atoms with van der Waals surface area (Å²) in [6, 6.07) is 10.9. The SMILES string of the molecule is CC(C)(C)CC(c1ccc(Oc2ccc(S(=O)(=O)O)c(F)c2)cc1)C(C)(C)C. The summed E-state index contributed by atoms with van der Waals surface area (Å²) in [5.74, 6) is -0.0199. The van der Waals surface area contributed by atoms with E-state index in [-0.39, 0.29) is 16.6 Å². The second-order valence-electron chi connectivity index (χ2n) is 9.42. The molecule has 0 bridgehead atoms. The quantitative estimate of drug-likeness (QED) is 0.579. The van der Waals surface area contributed by atoms with Crippen LogP contribution in [0.5, 0.6) is 11.5 Å². The number of hydrogen-bond donors (Lipinski definition) is 1. The van der Waals surface area contributed by atoms with Crippen molar-refractivity contribution in [1.82, 2.24) is 0 Å². The first kappa shape index (κ1) is 22.4. The van der Waals surface area contributed by atoms with Gasteiger partial charge in [0.25, 0.3) is 10.1 Å². The Morgan fingerprint density at radius 1 is 0.964 bits per heavy atom. The van der Waals surface area contributed by atoms with Gasteiger partial charge in [0.05, 0.1) is 0 Å². The van der Waals surface area contributed by atoms with Crippen LogP contribution in [0, 0.1) is 16.6 Å². The van der Waals surface area contributed by atoms with E-state index in [0.717, 1.165) is 18.6 Å². The molecule has 2 aromatic carbocycles. The summed E-state index contributed by atoms with van der Waals surface area (Å²) >= 11 is 0. The summed E-state index contributed by atoms with van der Waals surface area (Å²) in [6.07, 6.45) is 1.04. The summed E-state index contributed by atoms with van der Waals surface area (Å²) in [5, 5.41) is 0. The molecule has 28 heavy (non-hydrogen) atoms. The van der Waals surface area contributed by atoms with Gasteiger partial charge in [0.2, 0.25) is 0 Å². The van der Waals surface area contributed by atoms with Gasteiger partial charge in [-0.25, -0.2) is 4.39 Å². The molecule has 4 nitrogen and oxygen atoms in total. The molecule has 0 radical (unpaired) electrons. The Hall–Kier alpha value is -1.92. The summed E-state index contributed by atoms with van der Waals surface area (Å²) in [4.78, 5) is -0.773. The van der Waals surface area contributed by atoms with Crippen LogP contribution in [-0.2, 0) is 10.1 Å². The van der Waals surface area contributed by atoms with E-state index < -0.39 is 20.8 Å². The Labute approximate surface area is 167 Å². The molecule has 0 aromatic heterocycles. The third-order valence-corrected chi connectivity index (χ3v) is 5.45. The highest BCUT2D eigenvalue weighted by molar-refractivity contribution is 7.85. The van der Waals surface area contributed by atoms with E-state index in [2.05, 4.69) is 41.5 Å². The zero-order valence-electron chi connectivity index (χ0n) is 17.3. The minimum Gasteiger partial charge on any atom is -0.457 e. The van der Waals surface area contributed by atoms with Crippen molar-refractivity contribution in [3.63, 3.8) is 0 Å². The molecule has 1 N–H and O–H groups in total. The standard InChI is InChI=1S/C22H29FO4S/c1-21(2,3)14-18(22(4,5)6)15-7-9-16(10-8-15)27-17-11-12-20(19(23)13-17)28(24,25)26/h7-13,18H,14H2,1-6H3,(H,24,25,26). The Morgan fingerprint density at radius 3 is 1.93 bits per heavy atom. The normalized spacial score (nSPS) is 14.0. The molecule has 0 fully saturated rings. The molecular weight excluding hydrogens is 379 g/mol. The van der Waals surface area contributed by atoms with Gasteiger partial charge in [0.1, 0.15) is 22.2 Å². The molecule has 0 aliphatic heterocycles. The van der Waals surface area contributed by atoms with Crippen molar-refractivity contribution in [3.05, 3.63) is 53.8 Å². The van der Waals surface area contributed by atoms with Gasteiger partial charge in [-0.15, -0.1) is 0 Å². The molecule has 154 valence electrons. The molecule has 1 unspecified atom stereocenters. The van der Waals surface area contributed by atoms with Gasteiger partial charge >= 0.3 is 0 Å². The predicted molar refractivity (Wildman–Crippen MR) is 109 cm³/mol. The van der Waals surface area contributed by atoms with E-state index in [1.165, 1.54) is 11.6 Å². The Balaban J connectivity index is 2.23. The lowest BCUT2D eigenvalue weighted by Crippen LogP contribution is -2.23. The van der Waals surface area contributed by atoms with Crippen LogP contribution < -0.4 is 4.74 Å². The zero-order valence-corrected chi connectivity index (χ0v) is 18.1. The fourth-order valence-corrected chi connectivity index (χ4v) is 3.74. The van der Waals surface area contributed by atoms with Gasteiger partial charge < -0.3 is 4.74 Å². The fourth-order valence-electron chi connectivity index (χ4n) is 3.19. The largest absolute Gasteiger partial charge is 0.457 e. The molecule has 2 rings (SSSR count). The number of hydrogen-bond acceptors (Lipinski definition) is 3. The van der Waals surface area contributed by atoms with E-state index >= 15 is 0 Å². The van der Waals surface area contributed by atoms with Crippen molar-refractivity contribution >= 4 is 10.1 Å². The maximum Gasteiger partial charge on any atom is 0.297 e. The molecule has 0 spiro atoms. The molecule has 0 aliphatic carbocycles. The van der Waals surface area contributed by atoms with Crippen molar-refractivity contribution in [2.75, 3.05) is 0 Å². The molecule has 0 amide bonds. The molecule has 0 aliphatic rings. The first-order chi connectivity index (χ1) is 12.7. The molecule has 1 atom stereocenters. The average molecular weight is 409 g/mol. The van der Waals surface area contributed by atoms with Crippen LogP contribution in [0.3, 0.4) is 0 Å². The Morgan fingerprint density at radius 2 is 1.50 bits per heavy atom. The van der Waals surface area contributed by atoms with Crippen LogP contribution in [0.4, 0.5) is 4.39 Å². The first-order valence-corrected chi connectivity index (χ1v) is 10.7. The van der Waals surface area contributed by atoms with E-state index in [0.29, 0.717) is 11.7 Å². The Kier molecular flexibility index (Phi) is 6.26. The molecule has 0 saturated carbocycles. The average Bonchev–Trinajstić information content (AvgIpc) is 2.50. The van der Waals surface area contributed by atoms with Gasteiger partial charge in [-0.2, -0.15) is 8.42 Å². The van der Waals surface area contributed by atoms with Gasteiger partial charge in [0, 0.05) is 6.07 Å². The third-order valence-electron chi connectivity index (χ3n) is 4.56. The lowest BCUT2D eigenvalue weighted by Gasteiger charge is -2.36. The lowest BCUT2D eigenvalue weighted by molar-refractivity contribution is 0.229. The smallest absolute Gasteiger partial charge is 0.297 e. The lowest BCUT2D eigenvalue weighted by atomic mass is 9.69. The zero-order chi connectivity index (χ0) is 21.3. The number of halogens is 1. The number of rotatable bonds is 5. The second kappa shape index (κ2) is 7.84. The van der Waals surface area contributed by atoms with Crippen LogP contribution in [0.15, 0.2) is 47.4 Å². The fraction of sp³-hybridized carbons (Fsp3) is 0.455. The molecule has 0 saturated heterocycles. The van der Waals surface area contributed by atoms with Crippen LogP contribution in [0.25, 0.3) is 0 Å². The predicted octanol–water partition coefficient (Wildman–Crippen LogP) is 6.43. The molecule has 6 heteroatoms. The highest BCUT2D eigenvalue weighted by atomic mass is 32.2. The van der Waals surface area contributed by atoms with Crippen LogP contribution in [0.1, 0.15) is 59.4 Å². The van der Waals surface area contributed by atoms with E-state index in [4.69, 9.17) is 9.29 Å². The summed E-state index contributed by atoms with van der Waals surface area (Å²) in [6.45, 7) is 13.4. The minimum atomic E-state index is -4.60. The monoisotopic (exact) mass is 408 g/mol. The number of ether oxygens (including phenoxy) is 1. The van der Waals surface area contributed by atoms with Crippen LogP contribution >= 0.6 is 0 Å². The minimum absolute atomic E-state index is 0.102. The van der Waals surface area contributed by atoms with E-state index in [9.17, 15) is 12.8 Å². The van der Waals surface area contributed by atoms with Crippen molar-refractivity contribution in [1.29, 1.82) is 0 Å². The number of benzene rings is 2. The Bertz CT molecular complexity index is 920. The molecule has 0 heterocycles. The first-order valence-electron chi connectivity index (χ1n) is 9.22. The van der Waals surface area contributed by atoms with Crippen LogP contribution in [-0.4, -0.2) is 13.0 Å². The van der Waals surface area contributed by atoms with Crippen molar-refractivity contribution in [3.8, 4) is 11.5 Å². The van der Waals surface area contributed by atoms with Gasteiger partial charge in [-0.3, -0.25) is 4.55 Å². The van der Waals surface area contributed by atoms with Gasteiger partial charge in [-0.05, 0) is 53.0 Å². The second-order valence-corrected chi connectivity index (χ2v) is 10.8. The van der Waals surface area contributed by atoms with E-state index in [1.807, 2.05) is 24.3 Å². The van der Waals surface area contributed by atoms with Crippen molar-refractivity contribution in [2.45, 2.75) is 58.8 Å². The summed E-state index contributed by atoms with van der Waals surface area (Å²) in [7, 11) is -4.60. The summed E-state index contributed by atoms with van der Waals surface area (Å²) < 4.78 is 50.6. The van der Waals surface area contributed by atoms with Crippen molar-refractivity contribution in [2.24, 2.45) is 10.8 Å². The van der Waals surface area contributed by atoms with Gasteiger partial charge in [-0.1, -0.05) is 53.7 Å². The van der Waals surface area contributed by atoms with Crippen LogP contribution in [0.2, 0.25) is 0 Å². The maximum atomic E-state index is 13.9. The highest BCUT2D eigenvalue weighted by Gasteiger charge is 2.30. The molecule has 2 aromatic rings. The third kappa shape index (κ3) is 6.04. The topological polar surface area (TPSA) is 63.6 Å².